The Bertz CT molecular complexity index is 843. The molecule has 4 N–H and O–H groups in total. The summed E-state index contributed by atoms with van der Waals surface area (Å²) in [5.41, 5.74) is 12.1. The molecular formula is C15H15F3N2O5. The molecule has 0 aliphatic carbocycles. The fourth-order valence-corrected chi connectivity index (χ4v) is 1.58. The number of benzene rings is 1. The van der Waals surface area contributed by atoms with Crippen molar-refractivity contribution in [2.45, 2.75) is 26.1 Å². The molecule has 1 aromatic carbocycles. The molecule has 0 unspecified atom stereocenters. The first-order valence-corrected chi connectivity index (χ1v) is 6.80. The maximum absolute atomic E-state index is 11.4. The van der Waals surface area contributed by atoms with E-state index in [1.807, 2.05) is 13.0 Å². The molecule has 10 heteroatoms. The number of alkyl halides is 3. The zero-order valence-electron chi connectivity index (χ0n) is 13.2. The number of aryl methyl sites for hydroxylation is 1. The molecule has 0 radical (unpaired) electrons. The largest absolute Gasteiger partial charge is 0.491 e. The van der Waals surface area contributed by atoms with Gasteiger partial charge in [-0.3, -0.25) is 0 Å². The van der Waals surface area contributed by atoms with Crippen LogP contribution in [-0.4, -0.2) is 24.2 Å². The van der Waals surface area contributed by atoms with Crippen LogP contribution in [0.4, 0.5) is 18.9 Å². The lowest BCUT2D eigenvalue weighted by molar-refractivity contribution is -0.202. The van der Waals surface area contributed by atoms with Crippen LogP contribution in [0.25, 0.3) is 11.0 Å². The number of ether oxygens (including phenoxy) is 1. The van der Waals surface area contributed by atoms with Crippen molar-refractivity contribution in [2.24, 2.45) is 5.73 Å². The summed E-state index contributed by atoms with van der Waals surface area (Å²) in [5.74, 6) is -3.96. The van der Waals surface area contributed by atoms with Crippen molar-refractivity contribution in [3.8, 4) is 0 Å². The van der Waals surface area contributed by atoms with Gasteiger partial charge in [0, 0.05) is 23.2 Å². The van der Waals surface area contributed by atoms with Crippen molar-refractivity contribution in [1.29, 1.82) is 0 Å². The number of fused-ring (bicyclic) bond motifs is 1. The Balaban J connectivity index is 0.000000252. The molecule has 0 aliphatic heterocycles. The Morgan fingerprint density at radius 3 is 2.36 bits per heavy atom. The first-order valence-electron chi connectivity index (χ1n) is 6.80. The number of nitrogen functional groups attached to an aromatic ring is 1. The summed E-state index contributed by atoms with van der Waals surface area (Å²) in [6.45, 7) is 2.97. The van der Waals surface area contributed by atoms with Gasteiger partial charge in [-0.05, 0) is 31.5 Å². The van der Waals surface area contributed by atoms with Crippen molar-refractivity contribution in [3.63, 3.8) is 0 Å². The predicted octanol–water partition coefficient (Wildman–Crippen LogP) is 1.65. The van der Waals surface area contributed by atoms with Crippen molar-refractivity contribution < 1.29 is 31.9 Å². The van der Waals surface area contributed by atoms with Gasteiger partial charge in [-0.15, -0.1) is 0 Å². The Morgan fingerprint density at radius 1 is 1.24 bits per heavy atom. The van der Waals surface area contributed by atoms with Crippen LogP contribution in [0.5, 0.6) is 0 Å². The van der Waals surface area contributed by atoms with Gasteiger partial charge in [-0.25, -0.2) is 14.4 Å². The molecule has 1 atom stereocenters. The van der Waals surface area contributed by atoms with E-state index < -0.39 is 24.2 Å². The lowest BCUT2D eigenvalue weighted by atomic mass is 10.1. The zero-order chi connectivity index (χ0) is 19.4. The molecule has 25 heavy (non-hydrogen) atoms. The quantitative estimate of drug-likeness (QED) is 0.343. The van der Waals surface area contributed by atoms with Crippen molar-refractivity contribution in [2.75, 3.05) is 5.73 Å². The number of esters is 2. The summed E-state index contributed by atoms with van der Waals surface area (Å²) < 4.78 is 42.6. The highest BCUT2D eigenvalue weighted by Gasteiger charge is 2.42. The zero-order valence-corrected chi connectivity index (χ0v) is 13.2. The van der Waals surface area contributed by atoms with E-state index in [4.69, 9.17) is 15.9 Å². The number of rotatable bonds is 1. The number of carbonyl (C=O) groups is 2. The summed E-state index contributed by atoms with van der Waals surface area (Å²) in [6, 6.07) is 5.51. The van der Waals surface area contributed by atoms with E-state index in [0.717, 1.165) is 17.9 Å². The van der Waals surface area contributed by atoms with Gasteiger partial charge in [0.1, 0.15) is 11.6 Å². The molecule has 2 rings (SSSR count). The first-order chi connectivity index (χ1) is 11.4. The van der Waals surface area contributed by atoms with Gasteiger partial charge in [0.15, 0.2) is 0 Å². The Labute approximate surface area is 139 Å². The van der Waals surface area contributed by atoms with E-state index in [0.29, 0.717) is 11.3 Å². The van der Waals surface area contributed by atoms with E-state index >= 15 is 0 Å². The van der Waals surface area contributed by atoms with Gasteiger partial charge in [0.25, 0.3) is 0 Å². The Kier molecular flexibility index (Phi) is 6.29. The third-order valence-electron chi connectivity index (χ3n) is 2.77. The standard InChI is InChI=1S/C10H9NO2.C5H6F3NO3/c1-6-4-10(12)13-9-5-7(11)2-3-8(6)9;1-2(9)3(10)12-4(11)5(6,7)8/h2-5H,11H2,1H3;2H,9H2,1H3/t;2-/m.0/s1. The van der Waals surface area contributed by atoms with Gasteiger partial charge in [-0.2, -0.15) is 13.2 Å². The smallest absolute Gasteiger partial charge is 0.423 e. The Hall–Kier alpha value is -2.88. The third kappa shape index (κ3) is 5.92. The second kappa shape index (κ2) is 7.79. The molecule has 1 heterocycles. The average Bonchev–Trinajstić information content (AvgIpc) is 2.45. The number of anilines is 1. The molecule has 0 bridgehead atoms. The van der Waals surface area contributed by atoms with Crippen molar-refractivity contribution in [3.05, 3.63) is 40.2 Å². The average molecular weight is 360 g/mol. The summed E-state index contributed by atoms with van der Waals surface area (Å²) in [5, 5.41) is 0.925. The van der Waals surface area contributed by atoms with Crippen molar-refractivity contribution >= 4 is 28.6 Å². The number of carbonyl (C=O) groups excluding carboxylic acids is 2. The number of hydrogen-bond acceptors (Lipinski definition) is 7. The van der Waals surface area contributed by atoms with Crippen LogP contribution in [0.15, 0.2) is 33.5 Å². The van der Waals surface area contributed by atoms with Gasteiger partial charge < -0.3 is 20.6 Å². The van der Waals surface area contributed by atoms with Crippen LogP contribution in [0, 0.1) is 6.92 Å². The SMILES string of the molecule is C[C@H](N)C(=O)OC(=O)C(F)(F)F.Cc1cc(=O)oc2cc(N)ccc12. The molecule has 7 nitrogen and oxygen atoms in total. The molecule has 0 aliphatic rings. The molecular weight excluding hydrogens is 345 g/mol. The third-order valence-corrected chi connectivity index (χ3v) is 2.77. The summed E-state index contributed by atoms with van der Waals surface area (Å²) in [7, 11) is 0. The number of nitrogens with two attached hydrogens (primary N) is 2. The lowest BCUT2D eigenvalue weighted by Crippen LogP contribution is -2.35. The second-order valence-electron chi connectivity index (χ2n) is 5.00. The summed E-state index contributed by atoms with van der Waals surface area (Å²) in [6.07, 6.45) is -5.16. The van der Waals surface area contributed by atoms with Crippen LogP contribution in [0.3, 0.4) is 0 Å². The van der Waals surface area contributed by atoms with E-state index in [-0.39, 0.29) is 5.63 Å². The fraction of sp³-hybridized carbons (Fsp3) is 0.267. The van der Waals surface area contributed by atoms with Gasteiger partial charge in [-0.1, -0.05) is 0 Å². The molecule has 2 aromatic rings. The summed E-state index contributed by atoms with van der Waals surface area (Å²) in [4.78, 5) is 31.3. The number of halogens is 3. The van der Waals surface area contributed by atoms with Crippen molar-refractivity contribution in [1.82, 2.24) is 0 Å². The van der Waals surface area contributed by atoms with Crippen LogP contribution in [0.2, 0.25) is 0 Å². The second-order valence-corrected chi connectivity index (χ2v) is 5.00. The highest BCUT2D eigenvalue weighted by atomic mass is 19.4. The minimum absolute atomic E-state index is 0.337. The van der Waals surface area contributed by atoms with Crippen LogP contribution < -0.4 is 17.1 Å². The monoisotopic (exact) mass is 360 g/mol. The highest BCUT2D eigenvalue weighted by molar-refractivity contribution is 5.90. The van der Waals surface area contributed by atoms with E-state index in [1.165, 1.54) is 6.07 Å². The predicted molar refractivity (Wildman–Crippen MR) is 82.4 cm³/mol. The van der Waals surface area contributed by atoms with Crippen LogP contribution >= 0.6 is 0 Å². The van der Waals surface area contributed by atoms with E-state index in [1.54, 1.807) is 12.1 Å². The van der Waals surface area contributed by atoms with Crippen LogP contribution in [0.1, 0.15) is 12.5 Å². The first kappa shape index (κ1) is 20.2. The Morgan fingerprint density at radius 2 is 1.84 bits per heavy atom. The maximum Gasteiger partial charge on any atom is 0.491 e. The molecule has 0 saturated heterocycles. The topological polar surface area (TPSA) is 126 Å². The molecule has 0 amide bonds. The summed E-state index contributed by atoms with van der Waals surface area (Å²) >= 11 is 0. The van der Waals surface area contributed by atoms with Crippen LogP contribution in [-0.2, 0) is 14.3 Å². The molecule has 0 saturated carbocycles. The maximum atomic E-state index is 11.4. The van der Waals surface area contributed by atoms with E-state index in [9.17, 15) is 27.6 Å². The number of hydrogen-bond donors (Lipinski definition) is 2. The van der Waals surface area contributed by atoms with Gasteiger partial charge in [0.2, 0.25) is 0 Å². The van der Waals surface area contributed by atoms with E-state index in [2.05, 4.69) is 4.74 Å². The van der Waals surface area contributed by atoms with Gasteiger partial charge >= 0.3 is 23.7 Å². The molecule has 0 fully saturated rings. The lowest BCUT2D eigenvalue weighted by Gasteiger charge is -2.06. The minimum Gasteiger partial charge on any atom is -0.423 e. The van der Waals surface area contributed by atoms with Gasteiger partial charge in [0.05, 0.1) is 0 Å². The minimum atomic E-state index is -5.16. The molecule has 0 spiro atoms. The molecule has 136 valence electrons. The molecule has 1 aromatic heterocycles. The normalized spacial score (nSPS) is 12.1. The fourth-order valence-electron chi connectivity index (χ4n) is 1.58. The highest BCUT2D eigenvalue weighted by Crippen LogP contribution is 2.18.